The number of benzene rings is 1. The molecule has 0 bridgehead atoms. The molecule has 0 radical (unpaired) electrons. The zero-order chi connectivity index (χ0) is 16.1. The maximum atomic E-state index is 9.47. The Morgan fingerprint density at radius 1 is 1.04 bits per heavy atom. The molecule has 3 rings (SSSR count). The minimum Gasteiger partial charge on any atom is -0.508 e. The second-order valence-electron chi connectivity index (χ2n) is 4.64. The quantitative estimate of drug-likeness (QED) is 0.662. The Morgan fingerprint density at radius 2 is 1.91 bits per heavy atom. The number of rotatable bonds is 5. The van der Waals surface area contributed by atoms with E-state index in [1.54, 1.807) is 36.7 Å². The number of phenolic OH excluding ortho intramolecular Hbond substituents is 1. The van der Waals surface area contributed by atoms with Crippen LogP contribution in [0.4, 0.5) is 17.6 Å². The van der Waals surface area contributed by atoms with E-state index in [0.29, 0.717) is 18.2 Å². The minimum atomic E-state index is 0.0661. The van der Waals surface area contributed by atoms with Crippen molar-refractivity contribution in [3.63, 3.8) is 0 Å². The van der Waals surface area contributed by atoms with E-state index >= 15 is 0 Å². The number of nitrogens with zero attached hydrogens (tertiary/aromatic N) is 4. The molecule has 116 valence electrons. The summed E-state index contributed by atoms with van der Waals surface area (Å²) < 4.78 is 0. The summed E-state index contributed by atoms with van der Waals surface area (Å²) in [5, 5.41) is 15.6. The van der Waals surface area contributed by atoms with Gasteiger partial charge in [-0.3, -0.25) is 4.98 Å². The van der Waals surface area contributed by atoms with Crippen LogP contribution in [0, 0.1) is 0 Å². The van der Waals surface area contributed by atoms with Crippen LogP contribution in [0.2, 0.25) is 5.28 Å². The highest BCUT2D eigenvalue weighted by Gasteiger charge is 2.06. The van der Waals surface area contributed by atoms with E-state index in [4.69, 9.17) is 11.6 Å². The molecule has 3 aromatic rings. The van der Waals surface area contributed by atoms with Crippen molar-refractivity contribution in [1.82, 2.24) is 19.9 Å². The average molecular weight is 329 g/mol. The first-order valence-electron chi connectivity index (χ1n) is 6.79. The van der Waals surface area contributed by atoms with Gasteiger partial charge in [0.2, 0.25) is 17.2 Å². The van der Waals surface area contributed by atoms with Crippen LogP contribution in [0.1, 0.15) is 5.56 Å². The molecule has 0 amide bonds. The average Bonchev–Trinajstić information content (AvgIpc) is 2.53. The SMILES string of the molecule is Oc1cccc(Nc2nc(Cl)nc(NCc3cccnc3)n2)c1. The molecule has 0 aliphatic heterocycles. The highest BCUT2D eigenvalue weighted by Crippen LogP contribution is 2.19. The Bertz CT molecular complexity index is 799. The van der Waals surface area contributed by atoms with Crippen molar-refractivity contribution >= 4 is 29.2 Å². The Balaban J connectivity index is 1.73. The van der Waals surface area contributed by atoms with Gasteiger partial charge in [0.05, 0.1) is 0 Å². The Labute approximate surface area is 137 Å². The lowest BCUT2D eigenvalue weighted by molar-refractivity contribution is 0.475. The number of hydrogen-bond donors (Lipinski definition) is 3. The summed E-state index contributed by atoms with van der Waals surface area (Å²) in [6, 6.07) is 10.4. The molecule has 0 fully saturated rings. The van der Waals surface area contributed by atoms with E-state index in [9.17, 15) is 5.11 Å². The summed E-state index contributed by atoms with van der Waals surface area (Å²) in [7, 11) is 0. The largest absolute Gasteiger partial charge is 0.508 e. The summed E-state index contributed by atoms with van der Waals surface area (Å²) in [4.78, 5) is 16.3. The number of pyridine rings is 1. The predicted molar refractivity (Wildman–Crippen MR) is 87.8 cm³/mol. The van der Waals surface area contributed by atoms with Gasteiger partial charge in [0.25, 0.3) is 0 Å². The summed E-state index contributed by atoms with van der Waals surface area (Å²) in [5.41, 5.74) is 1.64. The molecule has 3 N–H and O–H groups in total. The van der Waals surface area contributed by atoms with Crippen LogP contribution in [0.15, 0.2) is 48.8 Å². The van der Waals surface area contributed by atoms with Crippen molar-refractivity contribution < 1.29 is 5.11 Å². The molecule has 0 aliphatic carbocycles. The van der Waals surface area contributed by atoms with Crippen molar-refractivity contribution in [2.24, 2.45) is 0 Å². The first-order chi connectivity index (χ1) is 11.2. The van der Waals surface area contributed by atoms with Crippen LogP contribution in [-0.2, 0) is 6.54 Å². The fourth-order valence-electron chi connectivity index (χ4n) is 1.88. The van der Waals surface area contributed by atoms with Gasteiger partial charge in [-0.15, -0.1) is 0 Å². The summed E-state index contributed by atoms with van der Waals surface area (Å²) >= 11 is 5.93. The van der Waals surface area contributed by atoms with Crippen LogP contribution in [-0.4, -0.2) is 25.0 Å². The van der Waals surface area contributed by atoms with Gasteiger partial charge in [0.15, 0.2) is 0 Å². The van der Waals surface area contributed by atoms with Gasteiger partial charge in [0, 0.05) is 30.7 Å². The van der Waals surface area contributed by atoms with Gasteiger partial charge in [0.1, 0.15) is 5.75 Å². The van der Waals surface area contributed by atoms with E-state index in [1.165, 1.54) is 0 Å². The van der Waals surface area contributed by atoms with Gasteiger partial charge in [-0.1, -0.05) is 12.1 Å². The second-order valence-corrected chi connectivity index (χ2v) is 4.98. The molecule has 0 atom stereocenters. The molecule has 0 aliphatic rings. The summed E-state index contributed by atoms with van der Waals surface area (Å²) in [6.45, 7) is 0.514. The number of phenols is 1. The Hall–Kier alpha value is -2.93. The minimum absolute atomic E-state index is 0.0661. The number of hydrogen-bond acceptors (Lipinski definition) is 7. The lowest BCUT2D eigenvalue weighted by atomic mass is 10.3. The van der Waals surface area contributed by atoms with Crippen LogP contribution in [0.3, 0.4) is 0 Å². The number of nitrogens with one attached hydrogen (secondary N) is 2. The van der Waals surface area contributed by atoms with Crippen molar-refractivity contribution in [1.29, 1.82) is 0 Å². The van der Waals surface area contributed by atoms with Gasteiger partial charge in [-0.25, -0.2) is 0 Å². The molecule has 0 saturated carbocycles. The molecular formula is C15H13ClN6O. The third-order valence-corrected chi connectivity index (χ3v) is 3.05. The van der Waals surface area contributed by atoms with E-state index < -0.39 is 0 Å². The van der Waals surface area contributed by atoms with Crippen molar-refractivity contribution in [2.45, 2.75) is 6.54 Å². The molecule has 0 saturated heterocycles. The third-order valence-electron chi connectivity index (χ3n) is 2.88. The van der Waals surface area contributed by atoms with E-state index in [2.05, 4.69) is 30.6 Å². The lowest BCUT2D eigenvalue weighted by Gasteiger charge is -2.08. The van der Waals surface area contributed by atoms with Crippen molar-refractivity contribution in [2.75, 3.05) is 10.6 Å². The van der Waals surface area contributed by atoms with Crippen molar-refractivity contribution in [3.8, 4) is 5.75 Å². The molecule has 8 heteroatoms. The number of aromatic hydroxyl groups is 1. The summed E-state index contributed by atoms with van der Waals surface area (Å²) in [6.07, 6.45) is 3.46. The highest BCUT2D eigenvalue weighted by molar-refractivity contribution is 6.28. The summed E-state index contributed by atoms with van der Waals surface area (Å²) in [5.74, 6) is 0.769. The monoisotopic (exact) mass is 328 g/mol. The van der Waals surface area contributed by atoms with Crippen LogP contribution >= 0.6 is 11.6 Å². The first-order valence-corrected chi connectivity index (χ1v) is 7.17. The van der Waals surface area contributed by atoms with E-state index in [-0.39, 0.29) is 17.0 Å². The van der Waals surface area contributed by atoms with Crippen LogP contribution in [0.25, 0.3) is 0 Å². The van der Waals surface area contributed by atoms with Crippen LogP contribution in [0.5, 0.6) is 5.75 Å². The molecule has 1 aromatic carbocycles. The fraction of sp³-hybridized carbons (Fsp3) is 0.0667. The zero-order valence-electron chi connectivity index (χ0n) is 11.9. The van der Waals surface area contributed by atoms with Gasteiger partial charge in [-0.2, -0.15) is 15.0 Å². The molecular weight excluding hydrogens is 316 g/mol. The number of halogens is 1. The number of aromatic nitrogens is 4. The molecule has 7 nitrogen and oxygen atoms in total. The maximum absolute atomic E-state index is 9.47. The zero-order valence-corrected chi connectivity index (χ0v) is 12.7. The second kappa shape index (κ2) is 6.89. The molecule has 0 unspecified atom stereocenters. The normalized spacial score (nSPS) is 10.3. The molecule has 23 heavy (non-hydrogen) atoms. The number of anilines is 3. The topological polar surface area (TPSA) is 95.8 Å². The Morgan fingerprint density at radius 3 is 2.70 bits per heavy atom. The third kappa shape index (κ3) is 4.27. The predicted octanol–water partition coefficient (Wildman–Crippen LogP) is 2.98. The Kier molecular flexibility index (Phi) is 4.49. The molecule has 2 aromatic heterocycles. The fourth-order valence-corrected chi connectivity index (χ4v) is 2.04. The van der Waals surface area contributed by atoms with Gasteiger partial charge >= 0.3 is 0 Å². The van der Waals surface area contributed by atoms with Gasteiger partial charge in [-0.05, 0) is 35.4 Å². The molecule has 2 heterocycles. The van der Waals surface area contributed by atoms with Crippen molar-refractivity contribution in [3.05, 3.63) is 59.6 Å². The first kappa shape index (κ1) is 15.0. The maximum Gasteiger partial charge on any atom is 0.233 e. The van der Waals surface area contributed by atoms with E-state index in [1.807, 2.05) is 12.1 Å². The standard InChI is InChI=1S/C15H13ClN6O/c16-13-20-14(18-9-10-3-2-6-17-8-10)22-15(21-13)19-11-4-1-5-12(23)7-11/h1-8,23H,9H2,(H2,18,19,20,21,22). The van der Waals surface area contributed by atoms with E-state index in [0.717, 1.165) is 5.56 Å². The highest BCUT2D eigenvalue weighted by atomic mass is 35.5. The smallest absolute Gasteiger partial charge is 0.233 e. The van der Waals surface area contributed by atoms with Gasteiger partial charge < -0.3 is 15.7 Å². The van der Waals surface area contributed by atoms with Crippen LogP contribution < -0.4 is 10.6 Å². The molecule has 0 spiro atoms. The lowest BCUT2D eigenvalue weighted by Crippen LogP contribution is -2.07.